The van der Waals surface area contributed by atoms with E-state index in [1.54, 1.807) is 10.9 Å². The predicted octanol–water partition coefficient (Wildman–Crippen LogP) is 3.08. The van der Waals surface area contributed by atoms with Crippen LogP contribution in [0.3, 0.4) is 0 Å². The lowest BCUT2D eigenvalue weighted by Crippen LogP contribution is -2.32. The average molecular weight is 278 g/mol. The van der Waals surface area contributed by atoms with Crippen molar-refractivity contribution in [2.45, 2.75) is 13.8 Å². The van der Waals surface area contributed by atoms with E-state index in [1.807, 2.05) is 50.4 Å². The van der Waals surface area contributed by atoms with Gasteiger partial charge in [0.2, 0.25) is 5.91 Å². The number of nitrogens with zero attached hydrogens (tertiary/aromatic N) is 2. The third-order valence-electron chi connectivity index (χ3n) is 2.84. The molecule has 0 bridgehead atoms. The Morgan fingerprint density at radius 2 is 2.05 bits per heavy atom. The van der Waals surface area contributed by atoms with Gasteiger partial charge in [-0.1, -0.05) is 0 Å². The molecule has 0 aliphatic rings. The summed E-state index contributed by atoms with van der Waals surface area (Å²) in [7, 11) is 0. The molecule has 2 aromatic rings. The molecule has 1 N–H and O–H groups in total. The minimum Gasteiger partial charge on any atom is -0.326 e. The Kier molecular flexibility index (Phi) is 3.90. The lowest BCUT2D eigenvalue weighted by molar-refractivity contribution is -0.122. The normalized spacial score (nSPS) is 11.3. The third kappa shape index (κ3) is 3.15. The molecule has 0 atom stereocenters. The number of hydrogen-bond donors (Lipinski definition) is 1. The number of alkyl halides is 1. The minimum absolute atomic E-state index is 0.0886. The first-order valence-electron chi connectivity index (χ1n) is 6.00. The maximum atomic E-state index is 12.0. The van der Waals surface area contributed by atoms with Crippen LogP contribution in [0, 0.1) is 5.41 Å². The number of hydrogen-bond acceptors (Lipinski definition) is 2. The first-order valence-corrected chi connectivity index (χ1v) is 6.54. The number of carbonyl (C=O) groups excluding carboxylic acids is 1. The van der Waals surface area contributed by atoms with Crippen molar-refractivity contribution in [1.29, 1.82) is 0 Å². The third-order valence-corrected chi connectivity index (χ3v) is 3.51. The van der Waals surface area contributed by atoms with Crippen LogP contribution in [-0.4, -0.2) is 21.6 Å². The number of aromatic nitrogens is 2. The van der Waals surface area contributed by atoms with Crippen molar-refractivity contribution in [3.8, 4) is 5.69 Å². The summed E-state index contributed by atoms with van der Waals surface area (Å²) in [6.45, 7) is 3.63. The highest BCUT2D eigenvalue weighted by Gasteiger charge is 2.26. The van der Waals surface area contributed by atoms with Crippen molar-refractivity contribution in [2.75, 3.05) is 11.2 Å². The largest absolute Gasteiger partial charge is 0.326 e. The second kappa shape index (κ2) is 5.45. The van der Waals surface area contributed by atoms with Crippen LogP contribution in [-0.2, 0) is 4.79 Å². The first kappa shape index (κ1) is 13.6. The van der Waals surface area contributed by atoms with Gasteiger partial charge in [-0.2, -0.15) is 5.10 Å². The van der Waals surface area contributed by atoms with Crippen LogP contribution in [0.5, 0.6) is 0 Å². The molecule has 0 radical (unpaired) electrons. The van der Waals surface area contributed by atoms with Gasteiger partial charge >= 0.3 is 0 Å². The van der Waals surface area contributed by atoms with Gasteiger partial charge < -0.3 is 5.32 Å². The monoisotopic (exact) mass is 277 g/mol. The zero-order valence-corrected chi connectivity index (χ0v) is 11.7. The lowest BCUT2D eigenvalue weighted by Gasteiger charge is -2.20. The van der Waals surface area contributed by atoms with E-state index < -0.39 is 5.41 Å². The quantitative estimate of drug-likeness (QED) is 0.873. The lowest BCUT2D eigenvalue weighted by atomic mass is 9.95. The molecule has 19 heavy (non-hydrogen) atoms. The molecule has 5 heteroatoms. The fourth-order valence-electron chi connectivity index (χ4n) is 1.48. The molecule has 100 valence electrons. The summed E-state index contributed by atoms with van der Waals surface area (Å²) in [6.07, 6.45) is 3.59. The summed E-state index contributed by atoms with van der Waals surface area (Å²) in [5.74, 6) is 0.193. The Labute approximate surface area is 117 Å². The van der Waals surface area contributed by atoms with Gasteiger partial charge in [0.1, 0.15) is 0 Å². The average Bonchev–Trinajstić information content (AvgIpc) is 2.93. The Morgan fingerprint density at radius 3 is 2.58 bits per heavy atom. The van der Waals surface area contributed by atoms with Gasteiger partial charge in [-0.3, -0.25) is 4.79 Å². The van der Waals surface area contributed by atoms with Crippen LogP contribution < -0.4 is 5.32 Å². The SMILES string of the molecule is CC(C)(CCl)C(=O)Nc1ccc(-n2cccn2)cc1. The van der Waals surface area contributed by atoms with Crippen LogP contribution in [0.15, 0.2) is 42.7 Å². The highest BCUT2D eigenvalue weighted by Crippen LogP contribution is 2.20. The maximum absolute atomic E-state index is 12.0. The van der Waals surface area contributed by atoms with Gasteiger partial charge in [0.15, 0.2) is 0 Å². The molecule has 1 aromatic carbocycles. The van der Waals surface area contributed by atoms with E-state index in [0.717, 1.165) is 11.4 Å². The van der Waals surface area contributed by atoms with Crippen molar-refractivity contribution in [3.63, 3.8) is 0 Å². The van der Waals surface area contributed by atoms with Crippen LogP contribution in [0.1, 0.15) is 13.8 Å². The molecule has 1 aromatic heterocycles. The molecule has 0 saturated carbocycles. The van der Waals surface area contributed by atoms with Crippen LogP contribution in [0.25, 0.3) is 5.69 Å². The fourth-order valence-corrected chi connectivity index (χ4v) is 1.60. The number of rotatable bonds is 4. The Hall–Kier alpha value is -1.81. The van der Waals surface area contributed by atoms with E-state index in [4.69, 9.17) is 11.6 Å². The predicted molar refractivity (Wildman–Crippen MR) is 76.7 cm³/mol. The van der Waals surface area contributed by atoms with Crippen molar-refractivity contribution in [1.82, 2.24) is 9.78 Å². The Bertz CT molecular complexity index is 547. The van der Waals surface area contributed by atoms with Gasteiger partial charge in [0, 0.05) is 24.0 Å². The number of halogens is 1. The second-order valence-corrected chi connectivity index (χ2v) is 5.24. The summed E-state index contributed by atoms with van der Waals surface area (Å²) in [4.78, 5) is 12.0. The summed E-state index contributed by atoms with van der Waals surface area (Å²) < 4.78 is 1.76. The molecule has 0 fully saturated rings. The molecule has 0 saturated heterocycles. The zero-order chi connectivity index (χ0) is 13.9. The Morgan fingerprint density at radius 1 is 1.37 bits per heavy atom. The van der Waals surface area contributed by atoms with Gasteiger partial charge in [0.05, 0.1) is 11.1 Å². The van der Waals surface area contributed by atoms with E-state index in [9.17, 15) is 4.79 Å². The maximum Gasteiger partial charge on any atom is 0.231 e. The highest BCUT2D eigenvalue weighted by atomic mass is 35.5. The molecule has 2 rings (SSSR count). The van der Waals surface area contributed by atoms with E-state index in [0.29, 0.717) is 0 Å². The molecular weight excluding hydrogens is 262 g/mol. The molecule has 1 amide bonds. The highest BCUT2D eigenvalue weighted by molar-refractivity contribution is 6.20. The van der Waals surface area contributed by atoms with Crippen LogP contribution >= 0.6 is 11.6 Å². The van der Waals surface area contributed by atoms with E-state index in [-0.39, 0.29) is 11.8 Å². The van der Waals surface area contributed by atoms with E-state index in [2.05, 4.69) is 10.4 Å². The number of carbonyl (C=O) groups is 1. The summed E-state index contributed by atoms with van der Waals surface area (Å²) >= 11 is 5.77. The van der Waals surface area contributed by atoms with Crippen molar-refractivity contribution >= 4 is 23.2 Å². The summed E-state index contributed by atoms with van der Waals surface area (Å²) in [5.41, 5.74) is 1.11. The molecule has 1 heterocycles. The molecule has 0 spiro atoms. The standard InChI is InChI=1S/C14H16ClN3O/c1-14(2,10-15)13(19)17-11-4-6-12(7-5-11)18-9-3-8-16-18/h3-9H,10H2,1-2H3,(H,17,19). The number of amides is 1. The van der Waals surface area contributed by atoms with Gasteiger partial charge in [-0.25, -0.2) is 4.68 Å². The summed E-state index contributed by atoms with van der Waals surface area (Å²) in [5, 5.41) is 6.99. The molecular formula is C14H16ClN3O. The number of anilines is 1. The van der Waals surface area contributed by atoms with Crippen molar-refractivity contribution in [2.24, 2.45) is 5.41 Å². The van der Waals surface area contributed by atoms with E-state index >= 15 is 0 Å². The topological polar surface area (TPSA) is 46.9 Å². The van der Waals surface area contributed by atoms with Crippen LogP contribution in [0.4, 0.5) is 5.69 Å². The zero-order valence-electron chi connectivity index (χ0n) is 10.9. The van der Waals surface area contributed by atoms with Gasteiger partial charge in [0.25, 0.3) is 0 Å². The number of nitrogens with one attached hydrogen (secondary N) is 1. The molecule has 0 aliphatic carbocycles. The smallest absolute Gasteiger partial charge is 0.231 e. The minimum atomic E-state index is -0.581. The fraction of sp³-hybridized carbons (Fsp3) is 0.286. The molecule has 0 aliphatic heterocycles. The Balaban J connectivity index is 2.10. The molecule has 4 nitrogen and oxygen atoms in total. The molecule has 0 unspecified atom stereocenters. The van der Waals surface area contributed by atoms with E-state index in [1.165, 1.54) is 0 Å². The second-order valence-electron chi connectivity index (χ2n) is 4.97. The first-order chi connectivity index (χ1) is 9.03. The number of benzene rings is 1. The van der Waals surface area contributed by atoms with Crippen molar-refractivity contribution in [3.05, 3.63) is 42.7 Å². The summed E-state index contributed by atoms with van der Waals surface area (Å²) in [6, 6.07) is 9.35. The van der Waals surface area contributed by atoms with Crippen LogP contribution in [0.2, 0.25) is 0 Å². The van der Waals surface area contributed by atoms with Gasteiger partial charge in [-0.15, -0.1) is 11.6 Å². The van der Waals surface area contributed by atoms with Crippen molar-refractivity contribution < 1.29 is 4.79 Å². The van der Waals surface area contributed by atoms with Gasteiger partial charge in [-0.05, 0) is 44.2 Å².